The minimum Gasteiger partial charge on any atom is -0.497 e. The van der Waals surface area contributed by atoms with Crippen molar-refractivity contribution in [1.29, 1.82) is 0 Å². The molecule has 3 aromatic rings. The van der Waals surface area contributed by atoms with Crippen LogP contribution in [-0.2, 0) is 7.05 Å². The van der Waals surface area contributed by atoms with E-state index in [1.807, 2.05) is 31.4 Å². The third kappa shape index (κ3) is 4.36. The van der Waals surface area contributed by atoms with Gasteiger partial charge in [0.2, 0.25) is 0 Å². The molecular formula is C17H18N4O3S. The summed E-state index contributed by atoms with van der Waals surface area (Å²) in [5, 5.41) is 9.41. The van der Waals surface area contributed by atoms with Gasteiger partial charge in [-0.2, -0.15) is 5.10 Å². The summed E-state index contributed by atoms with van der Waals surface area (Å²) >= 11 is 1.41. The molecule has 8 heteroatoms. The van der Waals surface area contributed by atoms with Crippen molar-refractivity contribution in [2.75, 3.05) is 20.3 Å². The molecule has 25 heavy (non-hydrogen) atoms. The quantitative estimate of drug-likeness (QED) is 0.656. The van der Waals surface area contributed by atoms with Gasteiger partial charge in [-0.25, -0.2) is 4.98 Å². The number of amides is 1. The smallest absolute Gasteiger partial charge is 0.270 e. The Morgan fingerprint density at radius 1 is 1.36 bits per heavy atom. The number of methoxy groups -OCH3 is 1. The fraction of sp³-hybridized carbons (Fsp3) is 0.235. The van der Waals surface area contributed by atoms with Crippen molar-refractivity contribution in [2.45, 2.75) is 0 Å². The molecule has 0 fully saturated rings. The standard InChI is InChI=1S/C17H18N4O3S/c1-21-10-12(9-19-21)17-20-15(11-25-17)16(22)18-6-7-24-14-5-3-4-13(8-14)23-2/h3-5,8-11H,6-7H2,1-2H3,(H,18,22). The Labute approximate surface area is 149 Å². The Kier molecular flexibility index (Phi) is 5.30. The number of rotatable bonds is 7. The number of nitrogens with one attached hydrogen (secondary N) is 1. The SMILES string of the molecule is COc1cccc(OCCNC(=O)c2csc(-c3cnn(C)c3)n2)c1. The lowest BCUT2D eigenvalue weighted by Crippen LogP contribution is -2.28. The van der Waals surface area contributed by atoms with Crippen molar-refractivity contribution < 1.29 is 14.3 Å². The Balaban J connectivity index is 1.49. The van der Waals surface area contributed by atoms with E-state index in [-0.39, 0.29) is 5.91 Å². The molecule has 2 aromatic heterocycles. The van der Waals surface area contributed by atoms with E-state index in [0.717, 1.165) is 16.3 Å². The molecular weight excluding hydrogens is 340 g/mol. The lowest BCUT2D eigenvalue weighted by Gasteiger charge is -2.08. The van der Waals surface area contributed by atoms with Crippen LogP contribution in [0.25, 0.3) is 10.6 Å². The molecule has 0 spiro atoms. The van der Waals surface area contributed by atoms with E-state index >= 15 is 0 Å². The van der Waals surface area contributed by atoms with E-state index in [2.05, 4.69) is 15.4 Å². The Morgan fingerprint density at radius 2 is 2.20 bits per heavy atom. The van der Waals surface area contributed by atoms with Crippen LogP contribution in [0.2, 0.25) is 0 Å². The van der Waals surface area contributed by atoms with E-state index in [9.17, 15) is 4.79 Å². The predicted octanol–water partition coefficient (Wildman–Crippen LogP) is 2.36. The largest absolute Gasteiger partial charge is 0.497 e. The second kappa shape index (κ2) is 7.80. The highest BCUT2D eigenvalue weighted by Gasteiger charge is 2.12. The third-order valence-corrected chi connectivity index (χ3v) is 4.28. The average Bonchev–Trinajstić information content (AvgIpc) is 3.27. The van der Waals surface area contributed by atoms with Gasteiger partial charge in [-0.15, -0.1) is 11.3 Å². The molecule has 130 valence electrons. The normalized spacial score (nSPS) is 10.5. The Hall–Kier alpha value is -2.87. The number of thiazole rings is 1. The lowest BCUT2D eigenvalue weighted by molar-refractivity contribution is 0.0942. The number of nitrogens with zero attached hydrogens (tertiary/aromatic N) is 3. The molecule has 0 unspecified atom stereocenters. The van der Waals surface area contributed by atoms with Crippen molar-refractivity contribution in [3.05, 3.63) is 47.7 Å². The maximum Gasteiger partial charge on any atom is 0.270 e. The zero-order valence-electron chi connectivity index (χ0n) is 13.9. The van der Waals surface area contributed by atoms with E-state index in [1.54, 1.807) is 29.4 Å². The van der Waals surface area contributed by atoms with E-state index in [0.29, 0.717) is 24.6 Å². The summed E-state index contributed by atoms with van der Waals surface area (Å²) in [7, 11) is 3.44. The molecule has 1 N–H and O–H groups in total. The lowest BCUT2D eigenvalue weighted by atomic mass is 10.3. The third-order valence-electron chi connectivity index (χ3n) is 3.39. The topological polar surface area (TPSA) is 78.3 Å². The minimum absolute atomic E-state index is 0.222. The molecule has 0 aliphatic heterocycles. The molecule has 2 heterocycles. The van der Waals surface area contributed by atoms with Gasteiger partial charge in [-0.1, -0.05) is 6.07 Å². The number of ether oxygens (including phenoxy) is 2. The van der Waals surface area contributed by atoms with Gasteiger partial charge in [-0.05, 0) is 12.1 Å². The van der Waals surface area contributed by atoms with Crippen LogP contribution in [0, 0.1) is 0 Å². The van der Waals surface area contributed by atoms with Crippen LogP contribution < -0.4 is 14.8 Å². The van der Waals surface area contributed by atoms with Crippen LogP contribution in [0.3, 0.4) is 0 Å². The molecule has 0 bridgehead atoms. The molecule has 0 radical (unpaired) electrons. The average molecular weight is 358 g/mol. The highest BCUT2D eigenvalue weighted by molar-refractivity contribution is 7.13. The summed E-state index contributed by atoms with van der Waals surface area (Å²) in [6.45, 7) is 0.744. The van der Waals surface area contributed by atoms with Gasteiger partial charge in [0.1, 0.15) is 28.8 Å². The molecule has 0 saturated heterocycles. The van der Waals surface area contributed by atoms with Crippen molar-refractivity contribution in [1.82, 2.24) is 20.1 Å². The summed E-state index contributed by atoms with van der Waals surface area (Å²) in [4.78, 5) is 16.5. The maximum atomic E-state index is 12.1. The molecule has 1 aromatic carbocycles. The molecule has 0 atom stereocenters. The van der Waals surface area contributed by atoms with Crippen LogP contribution >= 0.6 is 11.3 Å². The second-order valence-corrected chi connectivity index (χ2v) is 6.08. The van der Waals surface area contributed by atoms with E-state index in [1.165, 1.54) is 11.3 Å². The monoisotopic (exact) mass is 358 g/mol. The highest BCUT2D eigenvalue weighted by Crippen LogP contribution is 2.23. The number of aryl methyl sites for hydroxylation is 1. The first-order valence-electron chi connectivity index (χ1n) is 7.65. The number of carbonyl (C=O) groups is 1. The van der Waals surface area contributed by atoms with Gasteiger partial charge >= 0.3 is 0 Å². The predicted molar refractivity (Wildman–Crippen MR) is 95.1 cm³/mol. The molecule has 3 rings (SSSR count). The van der Waals surface area contributed by atoms with Crippen molar-refractivity contribution in [3.8, 4) is 22.1 Å². The first kappa shape index (κ1) is 17.0. The summed E-state index contributed by atoms with van der Waals surface area (Å²) in [5.74, 6) is 1.20. The van der Waals surface area contributed by atoms with E-state index < -0.39 is 0 Å². The van der Waals surface area contributed by atoms with Gasteiger partial charge in [0, 0.05) is 30.3 Å². The van der Waals surface area contributed by atoms with Crippen molar-refractivity contribution in [2.24, 2.45) is 7.05 Å². The Morgan fingerprint density at radius 3 is 2.96 bits per heavy atom. The molecule has 0 aliphatic carbocycles. The van der Waals surface area contributed by atoms with Crippen LogP contribution in [0.4, 0.5) is 0 Å². The van der Waals surface area contributed by atoms with E-state index in [4.69, 9.17) is 9.47 Å². The zero-order valence-corrected chi connectivity index (χ0v) is 14.7. The fourth-order valence-electron chi connectivity index (χ4n) is 2.16. The first-order valence-corrected chi connectivity index (χ1v) is 8.53. The first-order chi connectivity index (χ1) is 12.2. The number of benzene rings is 1. The summed E-state index contributed by atoms with van der Waals surface area (Å²) in [5.41, 5.74) is 1.29. The van der Waals surface area contributed by atoms with Gasteiger partial charge in [0.05, 0.1) is 19.9 Å². The van der Waals surface area contributed by atoms with Crippen LogP contribution in [0.1, 0.15) is 10.5 Å². The van der Waals surface area contributed by atoms with Gasteiger partial charge in [-0.3, -0.25) is 9.48 Å². The highest BCUT2D eigenvalue weighted by atomic mass is 32.1. The van der Waals surface area contributed by atoms with Gasteiger partial charge in [0.15, 0.2) is 0 Å². The number of aromatic nitrogens is 3. The summed E-state index contributed by atoms with van der Waals surface area (Å²) in [6, 6.07) is 7.33. The van der Waals surface area contributed by atoms with Crippen LogP contribution in [-0.4, -0.2) is 40.9 Å². The summed E-state index contributed by atoms with van der Waals surface area (Å²) in [6.07, 6.45) is 3.59. The Bertz CT molecular complexity index is 859. The number of carbonyl (C=O) groups excluding carboxylic acids is 1. The molecule has 0 saturated carbocycles. The van der Waals surface area contributed by atoms with Gasteiger partial charge < -0.3 is 14.8 Å². The van der Waals surface area contributed by atoms with Crippen LogP contribution in [0.15, 0.2) is 42.0 Å². The zero-order chi connectivity index (χ0) is 17.6. The van der Waals surface area contributed by atoms with Crippen molar-refractivity contribution >= 4 is 17.2 Å². The van der Waals surface area contributed by atoms with Crippen molar-refractivity contribution in [3.63, 3.8) is 0 Å². The number of hydrogen-bond acceptors (Lipinski definition) is 6. The van der Waals surface area contributed by atoms with Crippen LogP contribution in [0.5, 0.6) is 11.5 Å². The summed E-state index contributed by atoms with van der Waals surface area (Å²) < 4.78 is 12.4. The second-order valence-electron chi connectivity index (χ2n) is 5.22. The molecule has 0 aliphatic rings. The fourth-order valence-corrected chi connectivity index (χ4v) is 2.93. The van der Waals surface area contributed by atoms with Gasteiger partial charge in [0.25, 0.3) is 5.91 Å². The molecule has 7 nitrogen and oxygen atoms in total. The molecule has 1 amide bonds. The minimum atomic E-state index is -0.222. The maximum absolute atomic E-state index is 12.1. The number of hydrogen-bond donors (Lipinski definition) is 1.